The molecule has 1 N–H and O–H groups in total. The monoisotopic (exact) mass is 390 g/mol. The highest BCUT2D eigenvalue weighted by Crippen LogP contribution is 2.42. The van der Waals surface area contributed by atoms with Gasteiger partial charge in [-0.1, -0.05) is 12.1 Å². The summed E-state index contributed by atoms with van der Waals surface area (Å²) >= 11 is 5.79. The van der Waals surface area contributed by atoms with E-state index in [2.05, 4.69) is 90.2 Å². The van der Waals surface area contributed by atoms with Crippen molar-refractivity contribution in [3.05, 3.63) is 83.4 Å². The first-order valence-corrected chi connectivity index (χ1v) is 10.1. The molecule has 0 spiro atoms. The van der Waals surface area contributed by atoms with Gasteiger partial charge in [0.1, 0.15) is 0 Å². The van der Waals surface area contributed by atoms with Crippen molar-refractivity contribution in [1.29, 1.82) is 0 Å². The summed E-state index contributed by atoms with van der Waals surface area (Å²) in [5, 5.41) is 4.26. The van der Waals surface area contributed by atoms with Gasteiger partial charge in [0.05, 0.1) is 17.8 Å². The minimum Gasteiger partial charge on any atom is -0.351 e. The summed E-state index contributed by atoms with van der Waals surface area (Å²) in [6.45, 7) is 8.67. The Balaban J connectivity index is 1.82. The van der Waals surface area contributed by atoms with Gasteiger partial charge in [-0.15, -0.1) is 0 Å². The molecule has 0 unspecified atom stereocenters. The maximum absolute atomic E-state index is 5.79. The number of hydrogen-bond donors (Lipinski definition) is 1. The molecule has 3 heterocycles. The number of aromatic nitrogens is 2. The van der Waals surface area contributed by atoms with Crippen molar-refractivity contribution in [3.8, 4) is 0 Å². The SMILES string of the molecule is Cc1ccc(N2C(=S)N[C@@H](c3ccccn3)[C@@H]2c2ccn(C(C)C)c2)cc1C. The smallest absolute Gasteiger partial charge is 0.174 e. The van der Waals surface area contributed by atoms with E-state index in [1.807, 2.05) is 18.3 Å². The highest BCUT2D eigenvalue weighted by molar-refractivity contribution is 7.80. The lowest BCUT2D eigenvalue weighted by Gasteiger charge is -2.28. The zero-order valence-corrected chi connectivity index (χ0v) is 17.6. The molecular weight excluding hydrogens is 364 g/mol. The van der Waals surface area contributed by atoms with Crippen molar-refractivity contribution in [1.82, 2.24) is 14.9 Å². The van der Waals surface area contributed by atoms with Crippen molar-refractivity contribution < 1.29 is 0 Å². The van der Waals surface area contributed by atoms with Crippen LogP contribution in [0.3, 0.4) is 0 Å². The Hall–Kier alpha value is -2.66. The second-order valence-corrected chi connectivity index (χ2v) is 8.14. The van der Waals surface area contributed by atoms with Crippen LogP contribution in [-0.4, -0.2) is 14.7 Å². The van der Waals surface area contributed by atoms with Crippen LogP contribution in [0.5, 0.6) is 0 Å². The minimum atomic E-state index is -0.00155. The van der Waals surface area contributed by atoms with E-state index in [1.54, 1.807) is 0 Å². The van der Waals surface area contributed by atoms with Gasteiger partial charge in [-0.25, -0.2) is 0 Å². The van der Waals surface area contributed by atoms with Gasteiger partial charge in [0.2, 0.25) is 0 Å². The van der Waals surface area contributed by atoms with E-state index in [9.17, 15) is 0 Å². The van der Waals surface area contributed by atoms with E-state index in [-0.39, 0.29) is 12.1 Å². The van der Waals surface area contributed by atoms with Gasteiger partial charge >= 0.3 is 0 Å². The van der Waals surface area contributed by atoms with Crippen LogP contribution in [0.1, 0.15) is 54.4 Å². The number of aryl methyl sites for hydroxylation is 2. The molecule has 0 amide bonds. The Kier molecular flexibility index (Phi) is 4.94. The van der Waals surface area contributed by atoms with Crippen LogP contribution in [0.2, 0.25) is 0 Å². The van der Waals surface area contributed by atoms with Gasteiger partial charge in [0.15, 0.2) is 5.11 Å². The second-order valence-electron chi connectivity index (χ2n) is 7.75. The van der Waals surface area contributed by atoms with Crippen molar-refractivity contribution >= 4 is 23.0 Å². The minimum absolute atomic E-state index is 0.00155. The summed E-state index contributed by atoms with van der Waals surface area (Å²) in [5.41, 5.74) is 5.89. The summed E-state index contributed by atoms with van der Waals surface area (Å²) in [5.74, 6) is 0. The fourth-order valence-corrected chi connectivity index (χ4v) is 4.12. The maximum atomic E-state index is 5.79. The van der Waals surface area contributed by atoms with E-state index in [4.69, 9.17) is 12.2 Å². The van der Waals surface area contributed by atoms with Crippen molar-refractivity contribution in [2.75, 3.05) is 4.90 Å². The van der Waals surface area contributed by atoms with Gasteiger partial charge in [-0.3, -0.25) is 4.98 Å². The first kappa shape index (κ1) is 18.7. The Morgan fingerprint density at radius 3 is 2.54 bits per heavy atom. The summed E-state index contributed by atoms with van der Waals surface area (Å²) in [4.78, 5) is 6.85. The molecular formula is C23H26N4S. The van der Waals surface area contributed by atoms with E-state index >= 15 is 0 Å². The number of anilines is 1. The number of nitrogens with zero attached hydrogens (tertiary/aromatic N) is 3. The van der Waals surface area contributed by atoms with Crippen molar-refractivity contribution in [2.45, 2.75) is 45.8 Å². The fourth-order valence-electron chi connectivity index (χ4n) is 3.77. The quantitative estimate of drug-likeness (QED) is 0.616. The van der Waals surface area contributed by atoms with Gasteiger partial charge < -0.3 is 14.8 Å². The molecule has 3 aromatic rings. The summed E-state index contributed by atoms with van der Waals surface area (Å²) in [7, 11) is 0. The van der Waals surface area contributed by atoms with Gasteiger partial charge in [0.25, 0.3) is 0 Å². The van der Waals surface area contributed by atoms with E-state index < -0.39 is 0 Å². The zero-order chi connectivity index (χ0) is 19.8. The summed E-state index contributed by atoms with van der Waals surface area (Å²) in [6, 6.07) is 15.2. The third kappa shape index (κ3) is 3.31. The van der Waals surface area contributed by atoms with Crippen LogP contribution in [0.15, 0.2) is 61.1 Å². The predicted molar refractivity (Wildman–Crippen MR) is 119 cm³/mol. The molecule has 28 heavy (non-hydrogen) atoms. The standard InChI is InChI=1S/C23H26N4S/c1-15(2)26-12-10-18(14-26)22-21(20-7-5-6-11-24-20)25-23(28)27(22)19-9-8-16(3)17(4)13-19/h5-15,21-22H,1-4H3,(H,25,28)/t21-,22-/m0/s1. The summed E-state index contributed by atoms with van der Waals surface area (Å²) < 4.78 is 2.24. The van der Waals surface area contributed by atoms with Gasteiger partial charge in [-0.2, -0.15) is 0 Å². The summed E-state index contributed by atoms with van der Waals surface area (Å²) in [6.07, 6.45) is 6.22. The Labute approximate surface area is 172 Å². The topological polar surface area (TPSA) is 33.1 Å². The Morgan fingerprint density at radius 2 is 1.89 bits per heavy atom. The highest BCUT2D eigenvalue weighted by Gasteiger charge is 2.41. The molecule has 0 saturated carbocycles. The van der Waals surface area contributed by atoms with E-state index in [0.717, 1.165) is 16.5 Å². The first-order valence-electron chi connectivity index (χ1n) is 9.71. The predicted octanol–water partition coefficient (Wildman–Crippen LogP) is 5.26. The average molecular weight is 391 g/mol. The number of thiocarbonyl (C=S) groups is 1. The van der Waals surface area contributed by atoms with Crippen LogP contribution < -0.4 is 10.2 Å². The molecule has 2 aromatic heterocycles. The molecule has 1 fully saturated rings. The van der Waals surface area contributed by atoms with Crippen LogP contribution in [0, 0.1) is 13.8 Å². The molecule has 0 bridgehead atoms. The molecule has 1 aromatic carbocycles. The largest absolute Gasteiger partial charge is 0.351 e. The number of benzene rings is 1. The third-order valence-corrected chi connectivity index (χ3v) is 5.86. The normalized spacial score (nSPS) is 19.3. The molecule has 1 aliphatic rings. The molecule has 0 aliphatic carbocycles. The fraction of sp³-hybridized carbons (Fsp3) is 0.304. The molecule has 2 atom stereocenters. The molecule has 0 radical (unpaired) electrons. The zero-order valence-electron chi connectivity index (χ0n) is 16.8. The molecule has 144 valence electrons. The third-order valence-electron chi connectivity index (χ3n) is 5.54. The maximum Gasteiger partial charge on any atom is 0.174 e. The lowest BCUT2D eigenvalue weighted by Crippen LogP contribution is -2.29. The number of hydrogen-bond acceptors (Lipinski definition) is 2. The van der Waals surface area contributed by atoms with Gasteiger partial charge in [0, 0.05) is 30.3 Å². The molecule has 1 aliphatic heterocycles. The van der Waals surface area contributed by atoms with Crippen LogP contribution in [0.25, 0.3) is 0 Å². The average Bonchev–Trinajstić information content (AvgIpc) is 3.29. The van der Waals surface area contributed by atoms with E-state index in [1.165, 1.54) is 16.7 Å². The van der Waals surface area contributed by atoms with Gasteiger partial charge in [-0.05, 0) is 86.9 Å². The van der Waals surface area contributed by atoms with E-state index in [0.29, 0.717) is 6.04 Å². The molecule has 4 nitrogen and oxygen atoms in total. The van der Waals surface area contributed by atoms with Crippen LogP contribution in [-0.2, 0) is 0 Å². The molecule has 4 rings (SSSR count). The van der Waals surface area contributed by atoms with Crippen LogP contribution in [0.4, 0.5) is 5.69 Å². The number of pyridine rings is 1. The second kappa shape index (κ2) is 7.40. The Bertz CT molecular complexity index is 993. The number of nitrogens with one attached hydrogen (secondary N) is 1. The highest BCUT2D eigenvalue weighted by atomic mass is 32.1. The molecule has 5 heteroatoms. The molecule has 1 saturated heterocycles. The lowest BCUT2D eigenvalue weighted by atomic mass is 9.98. The lowest BCUT2D eigenvalue weighted by molar-refractivity contribution is 0.560. The number of rotatable bonds is 4. The first-order chi connectivity index (χ1) is 13.5. The Morgan fingerprint density at radius 1 is 1.07 bits per heavy atom. The van der Waals surface area contributed by atoms with Crippen molar-refractivity contribution in [3.63, 3.8) is 0 Å². The van der Waals surface area contributed by atoms with Crippen molar-refractivity contribution in [2.24, 2.45) is 0 Å². The van der Waals surface area contributed by atoms with Crippen LogP contribution >= 0.6 is 12.2 Å².